The van der Waals surface area contributed by atoms with E-state index in [0.29, 0.717) is 28.2 Å². The molecule has 9 heteroatoms. The number of aliphatic imine (C=N–C) groups is 1. The van der Waals surface area contributed by atoms with E-state index in [1.807, 2.05) is 6.07 Å². The molecule has 0 fully saturated rings. The zero-order valence-corrected chi connectivity index (χ0v) is 17.3. The van der Waals surface area contributed by atoms with Gasteiger partial charge in [-0.15, -0.1) is 0 Å². The first-order valence-corrected chi connectivity index (χ1v) is 10.8. The van der Waals surface area contributed by atoms with Crippen molar-refractivity contribution in [1.29, 1.82) is 5.26 Å². The number of benzene rings is 2. The van der Waals surface area contributed by atoms with E-state index in [2.05, 4.69) is 14.5 Å². The van der Waals surface area contributed by atoms with E-state index in [1.165, 1.54) is 23.0 Å². The van der Waals surface area contributed by atoms with E-state index in [1.54, 1.807) is 55.5 Å². The molecule has 0 aliphatic carbocycles. The van der Waals surface area contributed by atoms with Gasteiger partial charge in [0, 0.05) is 12.1 Å². The van der Waals surface area contributed by atoms with Crippen LogP contribution in [0.4, 0.5) is 0 Å². The lowest BCUT2D eigenvalue weighted by Gasteiger charge is -2.08. The molecular formula is C22H17N5O3S. The Kier molecular flexibility index (Phi) is 5.23. The number of hydrogen-bond acceptors (Lipinski definition) is 5. The van der Waals surface area contributed by atoms with E-state index in [4.69, 9.17) is 5.26 Å². The van der Waals surface area contributed by atoms with Crippen LogP contribution >= 0.6 is 0 Å². The molecule has 0 unspecified atom stereocenters. The van der Waals surface area contributed by atoms with Gasteiger partial charge in [0.05, 0.1) is 34.0 Å². The molecule has 2 aromatic carbocycles. The summed E-state index contributed by atoms with van der Waals surface area (Å²) >= 11 is 0. The summed E-state index contributed by atoms with van der Waals surface area (Å²) in [4.78, 5) is 17.3. The largest absolute Gasteiger partial charge is 0.293 e. The van der Waals surface area contributed by atoms with Crippen LogP contribution in [0.5, 0.6) is 0 Å². The third-order valence-electron chi connectivity index (χ3n) is 4.72. The Balaban J connectivity index is 1.62. The molecule has 1 aliphatic rings. The highest BCUT2D eigenvalue weighted by Gasteiger charge is 2.18. The number of nitriles is 1. The number of nitrogens with one attached hydrogen (secondary N) is 1. The monoisotopic (exact) mass is 431 g/mol. The maximum atomic E-state index is 13.0. The summed E-state index contributed by atoms with van der Waals surface area (Å²) < 4.78 is 30.0. The van der Waals surface area contributed by atoms with Crippen molar-refractivity contribution in [2.24, 2.45) is 9.39 Å². The van der Waals surface area contributed by atoms with Gasteiger partial charge in [0.1, 0.15) is 0 Å². The van der Waals surface area contributed by atoms with Crippen LogP contribution < -0.4 is 5.56 Å². The second kappa shape index (κ2) is 8.01. The van der Waals surface area contributed by atoms with Crippen molar-refractivity contribution in [2.75, 3.05) is 0 Å². The number of H-pyrrole nitrogens is 1. The molecule has 0 bridgehead atoms. The number of aromatic amines is 1. The molecule has 0 amide bonds. The van der Waals surface area contributed by atoms with Crippen LogP contribution in [0.15, 0.2) is 79.8 Å². The fourth-order valence-electron chi connectivity index (χ4n) is 3.21. The molecule has 0 saturated heterocycles. The number of aromatic nitrogens is 2. The number of hydrogen-bond donors (Lipinski definition) is 1. The van der Waals surface area contributed by atoms with Crippen molar-refractivity contribution in [3.05, 3.63) is 82.3 Å². The maximum absolute atomic E-state index is 13.0. The van der Waals surface area contributed by atoms with E-state index in [9.17, 15) is 13.2 Å². The SMILES string of the molecule is Cc1[nH]n(C2=CCC(=NS(=O)(=O)c3ccccc3)C=N2)c(=O)c1-c1ccc(C#N)cc1. The molecule has 1 N–H and O–H groups in total. The summed E-state index contributed by atoms with van der Waals surface area (Å²) in [5.41, 5.74) is 2.31. The third kappa shape index (κ3) is 4.01. The van der Waals surface area contributed by atoms with E-state index in [-0.39, 0.29) is 22.6 Å². The molecular weight excluding hydrogens is 414 g/mol. The zero-order chi connectivity index (χ0) is 22.0. The minimum atomic E-state index is -3.83. The van der Waals surface area contributed by atoms with Crippen molar-refractivity contribution in [3.8, 4) is 17.2 Å². The maximum Gasteiger partial charge on any atom is 0.282 e. The standard InChI is InChI=1S/C22H17N5O3S/c1-15-21(17-9-7-16(13-23)8-10-17)22(28)27(25-15)20-12-11-18(14-24-20)26-31(29,30)19-5-3-2-4-6-19/h2-10,12,14,25H,11H2,1H3. The normalized spacial score (nSPS) is 15.0. The zero-order valence-electron chi connectivity index (χ0n) is 16.5. The number of sulfonamides is 1. The first-order chi connectivity index (χ1) is 14.9. The summed E-state index contributed by atoms with van der Waals surface area (Å²) in [5, 5.41) is 11.9. The molecule has 0 radical (unpaired) electrons. The van der Waals surface area contributed by atoms with Gasteiger partial charge in [0.15, 0.2) is 5.82 Å². The van der Waals surface area contributed by atoms with Crippen LogP contribution in [-0.4, -0.2) is 30.1 Å². The fraction of sp³-hybridized carbons (Fsp3) is 0.0909. The highest BCUT2D eigenvalue weighted by atomic mass is 32.2. The van der Waals surface area contributed by atoms with Gasteiger partial charge < -0.3 is 0 Å². The summed E-state index contributed by atoms with van der Waals surface area (Å²) in [6.45, 7) is 1.78. The molecule has 1 aliphatic heterocycles. The fourth-order valence-corrected chi connectivity index (χ4v) is 4.25. The number of nitrogens with zero attached hydrogens (tertiary/aromatic N) is 4. The Bertz CT molecular complexity index is 1440. The topological polar surface area (TPSA) is 120 Å². The second-order valence-corrected chi connectivity index (χ2v) is 8.44. The Morgan fingerprint density at radius 2 is 1.84 bits per heavy atom. The predicted octanol–water partition coefficient (Wildman–Crippen LogP) is 3.13. The first-order valence-electron chi connectivity index (χ1n) is 9.35. The van der Waals surface area contributed by atoms with Gasteiger partial charge >= 0.3 is 0 Å². The Labute approximate surface area is 178 Å². The van der Waals surface area contributed by atoms with Crippen molar-refractivity contribution >= 4 is 27.8 Å². The van der Waals surface area contributed by atoms with Crippen molar-refractivity contribution in [3.63, 3.8) is 0 Å². The number of aryl methyl sites for hydroxylation is 1. The minimum Gasteiger partial charge on any atom is -0.293 e. The predicted molar refractivity (Wildman–Crippen MR) is 118 cm³/mol. The highest BCUT2D eigenvalue weighted by Crippen LogP contribution is 2.21. The van der Waals surface area contributed by atoms with Crippen LogP contribution in [0.1, 0.15) is 17.7 Å². The molecule has 0 spiro atoms. The highest BCUT2D eigenvalue weighted by molar-refractivity contribution is 7.90. The van der Waals surface area contributed by atoms with E-state index < -0.39 is 10.0 Å². The smallest absolute Gasteiger partial charge is 0.282 e. The van der Waals surface area contributed by atoms with Gasteiger partial charge in [-0.05, 0) is 42.8 Å². The van der Waals surface area contributed by atoms with Crippen molar-refractivity contribution in [2.45, 2.75) is 18.2 Å². The Morgan fingerprint density at radius 3 is 2.45 bits per heavy atom. The van der Waals surface area contributed by atoms with Crippen molar-refractivity contribution < 1.29 is 8.42 Å². The van der Waals surface area contributed by atoms with Gasteiger partial charge in [-0.2, -0.15) is 18.1 Å². The van der Waals surface area contributed by atoms with Crippen LogP contribution in [-0.2, 0) is 10.0 Å². The molecule has 0 atom stereocenters. The van der Waals surface area contributed by atoms with Crippen molar-refractivity contribution in [1.82, 2.24) is 9.78 Å². The Hall–Kier alpha value is -4.03. The van der Waals surface area contributed by atoms with Gasteiger partial charge in [0.2, 0.25) is 0 Å². The lowest BCUT2D eigenvalue weighted by Crippen LogP contribution is -2.19. The summed E-state index contributed by atoms with van der Waals surface area (Å²) in [7, 11) is -3.83. The van der Waals surface area contributed by atoms with Gasteiger partial charge in [-0.3, -0.25) is 9.89 Å². The molecule has 4 rings (SSSR count). The lowest BCUT2D eigenvalue weighted by molar-refractivity contribution is 0.598. The van der Waals surface area contributed by atoms with Crippen LogP contribution in [0.3, 0.4) is 0 Å². The van der Waals surface area contributed by atoms with E-state index >= 15 is 0 Å². The van der Waals surface area contributed by atoms with Gasteiger partial charge in [-0.25, -0.2) is 9.67 Å². The van der Waals surface area contributed by atoms with E-state index in [0.717, 1.165) is 0 Å². The minimum absolute atomic E-state index is 0.106. The average molecular weight is 431 g/mol. The number of allylic oxidation sites excluding steroid dienone is 1. The molecule has 8 nitrogen and oxygen atoms in total. The lowest BCUT2D eigenvalue weighted by atomic mass is 10.1. The van der Waals surface area contributed by atoms with Crippen LogP contribution in [0.2, 0.25) is 0 Å². The molecule has 2 heterocycles. The van der Waals surface area contributed by atoms with Crippen LogP contribution in [0.25, 0.3) is 16.9 Å². The third-order valence-corrected chi connectivity index (χ3v) is 6.06. The Morgan fingerprint density at radius 1 is 1.13 bits per heavy atom. The molecule has 31 heavy (non-hydrogen) atoms. The average Bonchev–Trinajstić information content (AvgIpc) is 3.08. The summed E-state index contributed by atoms with van der Waals surface area (Å²) in [6.07, 6.45) is 3.20. The quantitative estimate of drug-likeness (QED) is 0.682. The van der Waals surface area contributed by atoms with Gasteiger partial charge in [0.25, 0.3) is 15.6 Å². The number of rotatable bonds is 4. The van der Waals surface area contributed by atoms with Gasteiger partial charge in [-0.1, -0.05) is 30.3 Å². The second-order valence-electron chi connectivity index (χ2n) is 6.84. The molecule has 1 aromatic heterocycles. The van der Waals surface area contributed by atoms with Crippen LogP contribution in [0, 0.1) is 18.3 Å². The molecule has 0 saturated carbocycles. The molecule has 154 valence electrons. The summed E-state index contributed by atoms with van der Waals surface area (Å²) in [6, 6.07) is 16.7. The molecule has 3 aromatic rings. The summed E-state index contributed by atoms with van der Waals surface area (Å²) in [5.74, 6) is 0.351. The first kappa shape index (κ1) is 20.3.